The molecule has 2 amide bonds. The van der Waals surface area contributed by atoms with Crippen molar-refractivity contribution in [2.45, 2.75) is 72.1 Å². The van der Waals surface area contributed by atoms with Gasteiger partial charge in [-0.3, -0.25) is 9.59 Å². The fourth-order valence-corrected chi connectivity index (χ4v) is 5.11. The summed E-state index contributed by atoms with van der Waals surface area (Å²) in [6.45, 7) is 10.0. The Kier molecular flexibility index (Phi) is 7.46. The van der Waals surface area contributed by atoms with Gasteiger partial charge in [0.15, 0.2) is 0 Å². The molecule has 2 aromatic rings. The number of carbonyl (C=O) groups excluding carboxylic acids is 2. The van der Waals surface area contributed by atoms with E-state index in [1.807, 2.05) is 55.4 Å². The first-order chi connectivity index (χ1) is 16.8. The molecule has 0 saturated carbocycles. The van der Waals surface area contributed by atoms with Crippen LogP contribution in [-0.4, -0.2) is 48.2 Å². The summed E-state index contributed by atoms with van der Waals surface area (Å²) in [6.07, 6.45) is 3.76. The highest BCUT2D eigenvalue weighted by atomic mass is 16.5. The van der Waals surface area contributed by atoms with Crippen molar-refractivity contribution >= 4 is 23.3 Å². The van der Waals surface area contributed by atoms with Crippen LogP contribution in [0.5, 0.6) is 0 Å². The van der Waals surface area contributed by atoms with E-state index >= 15 is 0 Å². The molecule has 1 atom stereocenters. The molecule has 1 aromatic heterocycles. The van der Waals surface area contributed by atoms with Gasteiger partial charge in [-0.15, -0.1) is 0 Å². The van der Waals surface area contributed by atoms with E-state index in [9.17, 15) is 14.9 Å². The third kappa shape index (κ3) is 5.20. The minimum Gasteiger partial charge on any atom is -0.376 e. The number of hydrogen-bond acceptors (Lipinski definition) is 5. The maximum absolute atomic E-state index is 13.2. The van der Waals surface area contributed by atoms with Crippen LogP contribution >= 0.6 is 0 Å². The van der Waals surface area contributed by atoms with Crippen LogP contribution in [0.2, 0.25) is 0 Å². The summed E-state index contributed by atoms with van der Waals surface area (Å²) < 4.78 is 7.83. The van der Waals surface area contributed by atoms with Crippen molar-refractivity contribution in [1.29, 1.82) is 5.26 Å². The highest BCUT2D eigenvalue weighted by molar-refractivity contribution is 5.99. The summed E-state index contributed by atoms with van der Waals surface area (Å²) in [5, 5.41) is 15.8. The Hall–Kier alpha value is -3.31. The van der Waals surface area contributed by atoms with E-state index in [1.165, 1.54) is 0 Å². The number of rotatable bonds is 7. The van der Waals surface area contributed by atoms with Crippen molar-refractivity contribution in [3.8, 4) is 6.07 Å². The van der Waals surface area contributed by atoms with Crippen molar-refractivity contribution in [2.24, 2.45) is 0 Å². The molecule has 4 rings (SSSR count). The summed E-state index contributed by atoms with van der Waals surface area (Å²) in [6, 6.07) is 8.03. The molecule has 3 heterocycles. The molecule has 1 saturated heterocycles. The van der Waals surface area contributed by atoms with Crippen molar-refractivity contribution in [2.75, 3.05) is 29.9 Å². The third-order valence-corrected chi connectivity index (χ3v) is 6.95. The number of fused-ring (bicyclic) bond motifs is 1. The van der Waals surface area contributed by atoms with Crippen LogP contribution in [0.25, 0.3) is 0 Å². The van der Waals surface area contributed by atoms with E-state index < -0.39 is 0 Å². The fraction of sp³-hybridized carbons (Fsp3) is 0.519. The summed E-state index contributed by atoms with van der Waals surface area (Å²) >= 11 is 0. The second-order valence-electron chi connectivity index (χ2n) is 9.80. The van der Waals surface area contributed by atoms with Crippen LogP contribution in [0.1, 0.15) is 65.9 Å². The van der Waals surface area contributed by atoms with Crippen molar-refractivity contribution < 1.29 is 14.3 Å². The normalized spacial score (nSPS) is 17.3. The first-order valence-corrected chi connectivity index (χ1v) is 12.5. The molecule has 2 aliphatic heterocycles. The topological polar surface area (TPSA) is 99.4 Å². The number of aromatic nitrogens is 1. The Morgan fingerprint density at radius 1 is 1.26 bits per heavy atom. The molecule has 35 heavy (non-hydrogen) atoms. The average molecular weight is 478 g/mol. The second kappa shape index (κ2) is 10.5. The van der Waals surface area contributed by atoms with Gasteiger partial charge in [0.1, 0.15) is 11.9 Å². The van der Waals surface area contributed by atoms with Crippen LogP contribution in [0.4, 0.5) is 11.5 Å². The van der Waals surface area contributed by atoms with Gasteiger partial charge in [-0.05, 0) is 76.6 Å². The number of amides is 2. The number of nitriles is 1. The third-order valence-electron chi connectivity index (χ3n) is 6.95. The van der Waals surface area contributed by atoms with E-state index in [4.69, 9.17) is 4.74 Å². The summed E-state index contributed by atoms with van der Waals surface area (Å²) in [7, 11) is 0. The lowest BCUT2D eigenvalue weighted by Gasteiger charge is -2.32. The zero-order valence-corrected chi connectivity index (χ0v) is 21.1. The molecule has 0 bridgehead atoms. The largest absolute Gasteiger partial charge is 0.376 e. The number of hydrogen-bond donors (Lipinski definition) is 2. The number of anilines is 2. The minimum atomic E-state index is -0.183. The second-order valence-corrected chi connectivity index (χ2v) is 9.80. The predicted molar refractivity (Wildman–Crippen MR) is 136 cm³/mol. The van der Waals surface area contributed by atoms with Crippen molar-refractivity contribution in [3.05, 3.63) is 46.1 Å². The van der Waals surface area contributed by atoms with Crippen LogP contribution in [0, 0.1) is 25.2 Å². The standard InChI is InChI=1S/C27H35N5O3/c1-17(2)29-27(34)22-9-5-11-24-21(22)10-6-12-31(24)16-25(33)30-26-23(14-28)18(3)19(4)32(26)15-20-8-7-13-35-20/h5,9,11,17,20H,6-8,10,12-13,15-16H2,1-4H3,(H,29,34)(H,30,33). The van der Waals surface area contributed by atoms with E-state index in [1.54, 1.807) is 0 Å². The highest BCUT2D eigenvalue weighted by Gasteiger charge is 2.27. The van der Waals surface area contributed by atoms with Gasteiger partial charge in [-0.2, -0.15) is 5.26 Å². The Morgan fingerprint density at radius 3 is 2.74 bits per heavy atom. The summed E-state index contributed by atoms with van der Waals surface area (Å²) in [5.41, 5.74) is 4.92. The quantitative estimate of drug-likeness (QED) is 0.634. The SMILES string of the molecule is Cc1c(C#N)c(NC(=O)CN2CCCc3c(C(=O)NC(C)C)cccc32)n(CC2CCCO2)c1C. The molecule has 0 spiro atoms. The molecule has 2 N–H and O–H groups in total. The van der Waals surface area contributed by atoms with Crippen molar-refractivity contribution in [3.63, 3.8) is 0 Å². The highest BCUT2D eigenvalue weighted by Crippen LogP contribution is 2.31. The Bertz CT molecular complexity index is 1150. The zero-order valence-electron chi connectivity index (χ0n) is 21.1. The fourth-order valence-electron chi connectivity index (χ4n) is 5.11. The predicted octanol–water partition coefficient (Wildman–Crippen LogP) is 3.69. The van der Waals surface area contributed by atoms with E-state index in [2.05, 4.69) is 16.7 Å². The maximum Gasteiger partial charge on any atom is 0.251 e. The van der Waals surface area contributed by atoms with E-state index in [-0.39, 0.29) is 30.5 Å². The lowest BCUT2D eigenvalue weighted by molar-refractivity contribution is -0.115. The molecule has 1 fully saturated rings. The number of carbonyl (C=O) groups is 2. The molecule has 186 valence electrons. The number of nitrogens with one attached hydrogen (secondary N) is 2. The lowest BCUT2D eigenvalue weighted by atomic mass is 9.95. The van der Waals surface area contributed by atoms with Gasteiger partial charge in [0.05, 0.1) is 24.8 Å². The lowest BCUT2D eigenvalue weighted by Crippen LogP contribution is -2.38. The maximum atomic E-state index is 13.2. The zero-order chi connectivity index (χ0) is 25.1. The summed E-state index contributed by atoms with van der Waals surface area (Å²) in [5.74, 6) is 0.280. The molecular formula is C27H35N5O3. The van der Waals surface area contributed by atoms with E-state index in [0.29, 0.717) is 23.5 Å². The number of benzene rings is 1. The molecule has 0 radical (unpaired) electrons. The molecule has 1 aromatic carbocycles. The summed E-state index contributed by atoms with van der Waals surface area (Å²) in [4.78, 5) is 28.0. The Balaban J connectivity index is 1.55. The van der Waals surface area contributed by atoms with Crippen LogP contribution in [0.15, 0.2) is 18.2 Å². The van der Waals surface area contributed by atoms with Crippen LogP contribution in [-0.2, 0) is 22.5 Å². The van der Waals surface area contributed by atoms with Gasteiger partial charge in [0.25, 0.3) is 5.91 Å². The molecular weight excluding hydrogens is 442 g/mol. The van der Waals surface area contributed by atoms with Crippen LogP contribution in [0.3, 0.4) is 0 Å². The molecule has 2 aliphatic rings. The monoisotopic (exact) mass is 477 g/mol. The molecule has 1 unspecified atom stereocenters. The first kappa shape index (κ1) is 24.8. The van der Waals surface area contributed by atoms with Crippen LogP contribution < -0.4 is 15.5 Å². The van der Waals surface area contributed by atoms with Gasteiger partial charge < -0.3 is 24.8 Å². The van der Waals surface area contributed by atoms with Gasteiger partial charge >= 0.3 is 0 Å². The van der Waals surface area contributed by atoms with Gasteiger partial charge in [-0.1, -0.05) is 6.07 Å². The average Bonchev–Trinajstić information content (AvgIpc) is 3.41. The van der Waals surface area contributed by atoms with Crippen molar-refractivity contribution in [1.82, 2.24) is 9.88 Å². The Morgan fingerprint density at radius 2 is 2.06 bits per heavy atom. The number of nitrogens with zero attached hydrogens (tertiary/aromatic N) is 3. The van der Waals surface area contributed by atoms with Gasteiger partial charge in [0.2, 0.25) is 5.91 Å². The molecule has 0 aliphatic carbocycles. The van der Waals surface area contributed by atoms with Gasteiger partial charge in [0, 0.05) is 36.1 Å². The molecule has 8 heteroatoms. The molecule has 8 nitrogen and oxygen atoms in total. The first-order valence-electron chi connectivity index (χ1n) is 12.5. The number of ether oxygens (including phenoxy) is 1. The van der Waals surface area contributed by atoms with Gasteiger partial charge in [-0.25, -0.2) is 0 Å². The minimum absolute atomic E-state index is 0.0518. The Labute approximate surface area is 207 Å². The smallest absolute Gasteiger partial charge is 0.251 e. The van der Waals surface area contributed by atoms with E-state index in [0.717, 1.165) is 61.3 Å².